The van der Waals surface area contributed by atoms with E-state index < -0.39 is 0 Å². The SMILES string of the molecule is C=C(C)c1cc(OC)c(O)c2c1CC(N(CC)CC1CC1)C1CCC(=O)C[C@@]21C. The first-order valence-corrected chi connectivity index (χ1v) is 11.1. The van der Waals surface area contributed by atoms with E-state index in [2.05, 4.69) is 25.3 Å². The van der Waals surface area contributed by atoms with Crippen LogP contribution in [0.25, 0.3) is 5.57 Å². The van der Waals surface area contributed by atoms with Gasteiger partial charge in [0.2, 0.25) is 0 Å². The number of benzene rings is 1. The Bertz CT molecular complexity index is 841. The molecule has 0 radical (unpaired) electrons. The summed E-state index contributed by atoms with van der Waals surface area (Å²) in [5.74, 6) is 2.21. The Morgan fingerprint density at radius 2 is 2.10 bits per heavy atom. The number of fused-ring (bicyclic) bond motifs is 3. The van der Waals surface area contributed by atoms with Crippen LogP contribution >= 0.6 is 0 Å². The Balaban J connectivity index is 1.90. The lowest BCUT2D eigenvalue weighted by Crippen LogP contribution is -2.56. The summed E-state index contributed by atoms with van der Waals surface area (Å²) in [4.78, 5) is 15.3. The summed E-state index contributed by atoms with van der Waals surface area (Å²) in [5.41, 5.74) is 3.79. The van der Waals surface area contributed by atoms with Crippen LogP contribution in [0.1, 0.15) is 69.6 Å². The topological polar surface area (TPSA) is 49.8 Å². The van der Waals surface area contributed by atoms with Crippen LogP contribution in [0.4, 0.5) is 0 Å². The molecule has 2 unspecified atom stereocenters. The van der Waals surface area contributed by atoms with Gasteiger partial charge in [-0.2, -0.15) is 0 Å². The highest BCUT2D eigenvalue weighted by Crippen LogP contribution is 2.56. The zero-order valence-corrected chi connectivity index (χ0v) is 18.4. The molecule has 0 spiro atoms. The van der Waals surface area contributed by atoms with E-state index in [4.69, 9.17) is 4.74 Å². The molecule has 0 heterocycles. The summed E-state index contributed by atoms with van der Waals surface area (Å²) in [6.07, 6.45) is 5.65. The zero-order valence-electron chi connectivity index (χ0n) is 18.4. The van der Waals surface area contributed by atoms with E-state index in [1.54, 1.807) is 7.11 Å². The standard InChI is InChI=1S/C25H35NO3/c1-6-26(14-16-7-8-16)21-11-19-18(15(2)3)12-22(29-5)24(28)23(19)25(4)13-17(27)9-10-20(21)25/h12,16,20-21,28H,2,6-11,13-14H2,1,3-5H3/t20?,21?,25-/m1/s1. The van der Waals surface area contributed by atoms with Gasteiger partial charge in [0.05, 0.1) is 7.11 Å². The third-order valence-corrected chi connectivity index (χ3v) is 7.68. The molecule has 1 N–H and O–H groups in total. The average Bonchev–Trinajstić information content (AvgIpc) is 3.48. The maximum atomic E-state index is 12.6. The van der Waals surface area contributed by atoms with Gasteiger partial charge in [-0.1, -0.05) is 26.0 Å². The Kier molecular flexibility index (Phi) is 5.27. The number of likely N-dealkylation sites (N-methyl/N-ethyl adjacent to an activating group) is 1. The molecule has 2 fully saturated rings. The summed E-state index contributed by atoms with van der Waals surface area (Å²) in [5, 5.41) is 11.2. The summed E-state index contributed by atoms with van der Waals surface area (Å²) < 4.78 is 5.52. The normalized spacial score (nSPS) is 28.8. The largest absolute Gasteiger partial charge is 0.504 e. The number of phenolic OH excluding ortho intramolecular Hbond substituents is 1. The van der Waals surface area contributed by atoms with Crippen LogP contribution in [0, 0.1) is 11.8 Å². The minimum atomic E-state index is -0.368. The molecule has 0 aromatic heterocycles. The van der Waals surface area contributed by atoms with Gasteiger partial charge in [-0.25, -0.2) is 0 Å². The van der Waals surface area contributed by atoms with Crippen molar-refractivity contribution in [3.05, 3.63) is 29.3 Å². The molecular weight excluding hydrogens is 362 g/mol. The molecule has 3 aliphatic carbocycles. The second-order valence-electron chi connectivity index (χ2n) is 9.69. The van der Waals surface area contributed by atoms with Gasteiger partial charge < -0.3 is 9.84 Å². The summed E-state index contributed by atoms with van der Waals surface area (Å²) >= 11 is 0. The van der Waals surface area contributed by atoms with E-state index in [1.165, 1.54) is 18.4 Å². The van der Waals surface area contributed by atoms with E-state index in [-0.39, 0.29) is 11.2 Å². The van der Waals surface area contributed by atoms with Gasteiger partial charge in [0.25, 0.3) is 0 Å². The number of hydrogen-bond donors (Lipinski definition) is 1. The summed E-state index contributed by atoms with van der Waals surface area (Å²) in [6, 6.07) is 2.33. The fraction of sp³-hybridized carbons (Fsp3) is 0.640. The molecule has 0 saturated heterocycles. The van der Waals surface area contributed by atoms with Crippen molar-refractivity contribution < 1.29 is 14.6 Å². The highest BCUT2D eigenvalue weighted by atomic mass is 16.5. The molecule has 1 aromatic carbocycles. The van der Waals surface area contributed by atoms with Crippen LogP contribution in [-0.2, 0) is 16.6 Å². The smallest absolute Gasteiger partial charge is 0.161 e. The number of rotatable bonds is 6. The lowest BCUT2D eigenvalue weighted by molar-refractivity contribution is -0.124. The third-order valence-electron chi connectivity index (χ3n) is 7.68. The molecule has 4 heteroatoms. The molecule has 29 heavy (non-hydrogen) atoms. The fourth-order valence-electron chi connectivity index (χ4n) is 6.07. The number of ether oxygens (including phenoxy) is 1. The molecule has 0 bridgehead atoms. The number of hydrogen-bond acceptors (Lipinski definition) is 4. The predicted molar refractivity (Wildman–Crippen MR) is 117 cm³/mol. The van der Waals surface area contributed by atoms with Gasteiger partial charge >= 0.3 is 0 Å². The van der Waals surface area contributed by atoms with Crippen LogP contribution in [0.5, 0.6) is 11.5 Å². The first kappa shape index (κ1) is 20.5. The molecule has 4 nitrogen and oxygen atoms in total. The lowest BCUT2D eigenvalue weighted by Gasteiger charge is -2.53. The van der Waals surface area contributed by atoms with Gasteiger partial charge in [-0.15, -0.1) is 0 Å². The zero-order chi connectivity index (χ0) is 20.9. The maximum absolute atomic E-state index is 12.6. The fourth-order valence-corrected chi connectivity index (χ4v) is 6.07. The Morgan fingerprint density at radius 1 is 1.38 bits per heavy atom. The van der Waals surface area contributed by atoms with Crippen molar-refractivity contribution in [3.8, 4) is 11.5 Å². The van der Waals surface area contributed by atoms with Gasteiger partial charge in [0.1, 0.15) is 5.78 Å². The number of nitrogens with zero attached hydrogens (tertiary/aromatic N) is 1. The van der Waals surface area contributed by atoms with E-state index >= 15 is 0 Å². The lowest BCUT2D eigenvalue weighted by atomic mass is 9.55. The molecule has 0 aliphatic heterocycles. The average molecular weight is 398 g/mol. The van der Waals surface area contributed by atoms with Crippen LogP contribution in [-0.4, -0.2) is 42.0 Å². The van der Waals surface area contributed by atoms with E-state index in [0.717, 1.165) is 48.5 Å². The maximum Gasteiger partial charge on any atom is 0.161 e. The van der Waals surface area contributed by atoms with Crippen LogP contribution in [0.2, 0.25) is 0 Å². The first-order chi connectivity index (χ1) is 13.8. The third kappa shape index (κ3) is 3.39. The predicted octanol–water partition coefficient (Wildman–Crippen LogP) is 4.72. The number of allylic oxidation sites excluding steroid dienone is 1. The number of Topliss-reactive ketones (excluding diaryl/α,β-unsaturated/α-hetero) is 1. The Hall–Kier alpha value is -1.81. The summed E-state index contributed by atoms with van der Waals surface area (Å²) in [6.45, 7) is 12.9. The quantitative estimate of drug-likeness (QED) is 0.755. The number of aromatic hydroxyl groups is 1. The number of phenols is 1. The van der Waals surface area contributed by atoms with Gasteiger partial charge in [-0.05, 0) is 68.2 Å². The van der Waals surface area contributed by atoms with Crippen LogP contribution < -0.4 is 4.74 Å². The van der Waals surface area contributed by atoms with Gasteiger partial charge in [-0.3, -0.25) is 9.69 Å². The molecule has 2 saturated carbocycles. The van der Waals surface area contributed by atoms with Crippen molar-refractivity contribution >= 4 is 11.4 Å². The summed E-state index contributed by atoms with van der Waals surface area (Å²) in [7, 11) is 1.59. The monoisotopic (exact) mass is 397 g/mol. The molecule has 4 rings (SSSR count). The molecule has 3 atom stereocenters. The van der Waals surface area contributed by atoms with Crippen molar-refractivity contribution in [1.82, 2.24) is 4.90 Å². The van der Waals surface area contributed by atoms with Crippen molar-refractivity contribution in [2.24, 2.45) is 11.8 Å². The van der Waals surface area contributed by atoms with Crippen molar-refractivity contribution in [2.75, 3.05) is 20.2 Å². The highest BCUT2D eigenvalue weighted by Gasteiger charge is 2.52. The number of carbonyl (C=O) groups is 1. The van der Waals surface area contributed by atoms with Crippen molar-refractivity contribution in [1.29, 1.82) is 0 Å². The Labute approximate surface area is 174 Å². The molecular formula is C25H35NO3. The number of ketones is 1. The number of methoxy groups -OCH3 is 1. The number of carbonyl (C=O) groups excluding carboxylic acids is 1. The molecule has 158 valence electrons. The minimum Gasteiger partial charge on any atom is -0.504 e. The molecule has 3 aliphatic rings. The van der Waals surface area contributed by atoms with Crippen molar-refractivity contribution in [3.63, 3.8) is 0 Å². The van der Waals surface area contributed by atoms with Crippen LogP contribution in [0.3, 0.4) is 0 Å². The van der Waals surface area contributed by atoms with Crippen LogP contribution in [0.15, 0.2) is 12.6 Å². The minimum absolute atomic E-state index is 0.221. The molecule has 0 amide bonds. The second kappa shape index (κ2) is 7.46. The van der Waals surface area contributed by atoms with E-state index in [0.29, 0.717) is 36.3 Å². The highest BCUT2D eigenvalue weighted by molar-refractivity contribution is 5.83. The Morgan fingerprint density at radius 3 is 2.69 bits per heavy atom. The van der Waals surface area contributed by atoms with E-state index in [9.17, 15) is 9.90 Å². The molecule has 1 aromatic rings. The van der Waals surface area contributed by atoms with E-state index in [1.807, 2.05) is 13.0 Å². The van der Waals surface area contributed by atoms with Gasteiger partial charge in [0.15, 0.2) is 11.5 Å². The van der Waals surface area contributed by atoms with Gasteiger partial charge in [0, 0.05) is 36.4 Å². The first-order valence-electron chi connectivity index (χ1n) is 11.1. The van der Waals surface area contributed by atoms with Crippen molar-refractivity contribution in [2.45, 2.75) is 70.8 Å². The second-order valence-corrected chi connectivity index (χ2v) is 9.69.